The summed E-state index contributed by atoms with van der Waals surface area (Å²) in [7, 11) is 2.17. The van der Waals surface area contributed by atoms with Crippen LogP contribution in [0.4, 0.5) is 4.39 Å². The second-order valence-corrected chi connectivity index (χ2v) is 6.42. The summed E-state index contributed by atoms with van der Waals surface area (Å²) in [5, 5.41) is 0. The van der Waals surface area contributed by atoms with Crippen LogP contribution in [0.15, 0.2) is 18.2 Å². The van der Waals surface area contributed by atoms with Gasteiger partial charge in [0.25, 0.3) is 0 Å². The number of piperidine rings is 2. The zero-order chi connectivity index (χ0) is 14.3. The lowest BCUT2D eigenvalue weighted by molar-refractivity contribution is 0.0337. The van der Waals surface area contributed by atoms with Crippen LogP contribution >= 0.6 is 0 Å². The quantitative estimate of drug-likeness (QED) is 0.769. The van der Waals surface area contributed by atoms with Crippen LogP contribution in [-0.4, -0.2) is 29.8 Å². The molecule has 0 aromatic heterocycles. The number of fused-ring (bicyclic) bond motifs is 2. The largest absolute Gasteiger partial charge is 0.300 e. The third-order valence-corrected chi connectivity index (χ3v) is 5.10. The van der Waals surface area contributed by atoms with Crippen LogP contribution in [0.5, 0.6) is 0 Å². The van der Waals surface area contributed by atoms with Gasteiger partial charge >= 0.3 is 0 Å². The van der Waals surface area contributed by atoms with Gasteiger partial charge in [-0.3, -0.25) is 4.79 Å². The number of carbonyl (C=O) groups is 1. The van der Waals surface area contributed by atoms with E-state index >= 15 is 0 Å². The third kappa shape index (κ3) is 2.39. The van der Waals surface area contributed by atoms with Gasteiger partial charge in [0.1, 0.15) is 5.82 Å². The lowest BCUT2D eigenvalue weighted by Crippen LogP contribution is -2.51. The molecule has 1 aromatic carbocycles. The maximum atomic E-state index is 13.9. The highest BCUT2D eigenvalue weighted by Crippen LogP contribution is 2.37. The van der Waals surface area contributed by atoms with E-state index in [9.17, 15) is 9.18 Å². The summed E-state index contributed by atoms with van der Waals surface area (Å²) in [6.45, 7) is 1.90. The van der Waals surface area contributed by atoms with Gasteiger partial charge in [-0.1, -0.05) is 18.1 Å². The number of nitrogens with zero attached hydrogens (tertiary/aromatic N) is 1. The zero-order valence-corrected chi connectivity index (χ0v) is 12.2. The van der Waals surface area contributed by atoms with Gasteiger partial charge in [-0.2, -0.15) is 0 Å². The Balaban J connectivity index is 1.83. The highest BCUT2D eigenvalue weighted by molar-refractivity contribution is 5.98. The number of carbonyl (C=O) groups excluding carboxylic acids is 1. The Morgan fingerprint density at radius 2 is 1.90 bits per heavy atom. The molecule has 1 aromatic rings. The molecular weight excluding hydrogens is 253 g/mol. The average Bonchev–Trinajstić information content (AvgIpc) is 2.40. The van der Waals surface area contributed by atoms with Crippen molar-refractivity contribution in [3.05, 3.63) is 35.1 Å². The molecule has 2 bridgehead atoms. The van der Waals surface area contributed by atoms with E-state index in [2.05, 4.69) is 11.9 Å². The molecule has 2 unspecified atom stereocenters. The Labute approximate surface area is 120 Å². The molecule has 2 saturated heterocycles. The topological polar surface area (TPSA) is 20.3 Å². The normalized spacial score (nSPS) is 30.2. The molecule has 3 rings (SSSR count). The van der Waals surface area contributed by atoms with E-state index in [4.69, 9.17) is 0 Å². The van der Waals surface area contributed by atoms with E-state index in [0.717, 1.165) is 18.4 Å². The van der Waals surface area contributed by atoms with Crippen molar-refractivity contribution < 1.29 is 9.18 Å². The molecule has 0 radical (unpaired) electrons. The van der Waals surface area contributed by atoms with Crippen molar-refractivity contribution in [1.29, 1.82) is 0 Å². The van der Waals surface area contributed by atoms with Crippen molar-refractivity contribution in [2.45, 2.75) is 51.1 Å². The van der Waals surface area contributed by atoms with E-state index in [1.165, 1.54) is 25.3 Å². The molecule has 2 atom stereocenters. The molecule has 0 spiro atoms. The van der Waals surface area contributed by atoms with Crippen molar-refractivity contribution in [2.24, 2.45) is 5.92 Å². The Kier molecular flexibility index (Phi) is 3.63. The highest BCUT2D eigenvalue weighted by Gasteiger charge is 2.39. The summed E-state index contributed by atoms with van der Waals surface area (Å²) in [6.07, 6.45) is 5.39. The van der Waals surface area contributed by atoms with Gasteiger partial charge in [0.05, 0.1) is 5.56 Å². The summed E-state index contributed by atoms with van der Waals surface area (Å²) < 4.78 is 13.9. The van der Waals surface area contributed by atoms with Gasteiger partial charge in [0, 0.05) is 18.0 Å². The van der Waals surface area contributed by atoms with Crippen molar-refractivity contribution in [2.75, 3.05) is 7.05 Å². The van der Waals surface area contributed by atoms with E-state index in [-0.39, 0.29) is 23.1 Å². The van der Waals surface area contributed by atoms with Gasteiger partial charge < -0.3 is 4.90 Å². The summed E-state index contributed by atoms with van der Waals surface area (Å²) >= 11 is 0. The number of aryl methyl sites for hydroxylation is 1. The highest BCUT2D eigenvalue weighted by atomic mass is 19.1. The summed E-state index contributed by atoms with van der Waals surface area (Å²) in [5.74, 6) is -0.362. The number of ketones is 1. The van der Waals surface area contributed by atoms with Crippen LogP contribution in [0.3, 0.4) is 0 Å². The van der Waals surface area contributed by atoms with Gasteiger partial charge in [0.2, 0.25) is 0 Å². The summed E-state index contributed by atoms with van der Waals surface area (Å²) in [4.78, 5) is 15.1. The maximum Gasteiger partial charge on any atom is 0.169 e. The second kappa shape index (κ2) is 5.28. The molecule has 2 aliphatic rings. The van der Waals surface area contributed by atoms with Crippen LogP contribution in [0.2, 0.25) is 0 Å². The number of hydrogen-bond acceptors (Lipinski definition) is 2. The van der Waals surface area contributed by atoms with Crippen LogP contribution in [-0.2, 0) is 0 Å². The van der Waals surface area contributed by atoms with Gasteiger partial charge in [-0.05, 0) is 51.8 Å². The number of halogens is 1. The molecule has 2 heterocycles. The summed E-state index contributed by atoms with van der Waals surface area (Å²) in [6, 6.07) is 5.84. The first-order chi connectivity index (χ1) is 9.56. The van der Waals surface area contributed by atoms with E-state index in [0.29, 0.717) is 12.1 Å². The predicted molar refractivity (Wildman–Crippen MR) is 77.4 cm³/mol. The maximum absolute atomic E-state index is 13.9. The van der Waals surface area contributed by atoms with E-state index in [1.807, 2.05) is 6.92 Å². The van der Waals surface area contributed by atoms with E-state index < -0.39 is 0 Å². The van der Waals surface area contributed by atoms with Gasteiger partial charge in [-0.15, -0.1) is 0 Å². The Bertz CT molecular complexity index is 514. The fraction of sp³-hybridized carbons (Fsp3) is 0.588. The molecule has 0 saturated carbocycles. The third-order valence-electron chi connectivity index (χ3n) is 5.10. The molecule has 3 heteroatoms. The smallest absolute Gasteiger partial charge is 0.169 e. The SMILES string of the molecule is Cc1ccc(F)c(C(=O)C2CC3CCCC(C2)N3C)c1. The summed E-state index contributed by atoms with van der Waals surface area (Å²) in [5.41, 5.74) is 1.24. The minimum absolute atomic E-state index is 0.00204. The van der Waals surface area contributed by atoms with Crippen LogP contribution in [0.1, 0.15) is 48.0 Å². The van der Waals surface area contributed by atoms with Crippen LogP contribution in [0.25, 0.3) is 0 Å². The lowest BCUT2D eigenvalue weighted by Gasteiger charge is -2.46. The Hall–Kier alpha value is -1.22. The number of Topliss-reactive ketones (excluding diaryl/α,β-unsaturated/α-hetero) is 1. The Morgan fingerprint density at radius 3 is 2.55 bits per heavy atom. The second-order valence-electron chi connectivity index (χ2n) is 6.42. The number of hydrogen-bond donors (Lipinski definition) is 0. The molecule has 0 aliphatic carbocycles. The molecule has 20 heavy (non-hydrogen) atoms. The minimum Gasteiger partial charge on any atom is -0.300 e. The molecule has 108 valence electrons. The van der Waals surface area contributed by atoms with Crippen molar-refractivity contribution >= 4 is 5.78 Å². The molecule has 0 N–H and O–H groups in total. The van der Waals surface area contributed by atoms with Crippen LogP contribution < -0.4 is 0 Å². The fourth-order valence-corrected chi connectivity index (χ4v) is 3.88. The molecule has 2 aliphatic heterocycles. The first kappa shape index (κ1) is 13.7. The van der Waals surface area contributed by atoms with Gasteiger partial charge in [-0.25, -0.2) is 4.39 Å². The van der Waals surface area contributed by atoms with Gasteiger partial charge in [0.15, 0.2) is 5.78 Å². The first-order valence-corrected chi connectivity index (χ1v) is 7.58. The number of rotatable bonds is 2. The zero-order valence-electron chi connectivity index (χ0n) is 12.2. The lowest BCUT2D eigenvalue weighted by atomic mass is 9.76. The standard InChI is InChI=1S/C17H22FNO/c1-11-6-7-16(18)15(8-11)17(20)12-9-13-4-3-5-14(10-12)19(13)2/h6-8,12-14H,3-5,9-10H2,1-2H3. The monoisotopic (exact) mass is 275 g/mol. The average molecular weight is 275 g/mol. The molecule has 2 nitrogen and oxygen atoms in total. The predicted octanol–water partition coefficient (Wildman–Crippen LogP) is 3.58. The van der Waals surface area contributed by atoms with Crippen LogP contribution in [0, 0.1) is 18.7 Å². The molecular formula is C17H22FNO. The van der Waals surface area contributed by atoms with Crippen molar-refractivity contribution in [3.63, 3.8) is 0 Å². The number of benzene rings is 1. The molecule has 0 amide bonds. The molecule has 2 fully saturated rings. The Morgan fingerprint density at radius 1 is 1.25 bits per heavy atom. The van der Waals surface area contributed by atoms with E-state index in [1.54, 1.807) is 12.1 Å². The van der Waals surface area contributed by atoms with Crippen molar-refractivity contribution in [3.8, 4) is 0 Å². The minimum atomic E-state index is -0.371. The fourth-order valence-electron chi connectivity index (χ4n) is 3.88. The first-order valence-electron chi connectivity index (χ1n) is 7.58. The van der Waals surface area contributed by atoms with Crippen molar-refractivity contribution in [1.82, 2.24) is 4.90 Å².